The Morgan fingerprint density at radius 2 is 2.33 bits per heavy atom. The van der Waals surface area contributed by atoms with Crippen molar-refractivity contribution in [3.8, 4) is 0 Å². The molecule has 2 heterocycles. The van der Waals surface area contributed by atoms with Gasteiger partial charge in [-0.1, -0.05) is 6.08 Å². The zero-order valence-electron chi connectivity index (χ0n) is 7.33. The van der Waals surface area contributed by atoms with Gasteiger partial charge in [-0.05, 0) is 25.2 Å². The smallest absolute Gasteiger partial charge is 0.222 e. The molecule has 1 amide bonds. The van der Waals surface area contributed by atoms with Gasteiger partial charge in [-0.2, -0.15) is 0 Å². The van der Waals surface area contributed by atoms with E-state index in [0.717, 1.165) is 25.8 Å². The van der Waals surface area contributed by atoms with Crippen LogP contribution < -0.4 is 0 Å². The summed E-state index contributed by atoms with van der Waals surface area (Å²) in [6.07, 6.45) is 6.16. The first-order valence-corrected chi connectivity index (χ1v) is 4.75. The first kappa shape index (κ1) is 7.84. The normalized spacial score (nSPS) is 35.0. The van der Waals surface area contributed by atoms with E-state index in [1.165, 1.54) is 6.42 Å². The highest BCUT2D eigenvalue weighted by Crippen LogP contribution is 2.32. The lowest BCUT2D eigenvalue weighted by atomic mass is 9.93. The van der Waals surface area contributed by atoms with Gasteiger partial charge in [0.25, 0.3) is 0 Å². The molecule has 0 aromatic heterocycles. The Hall–Kier alpha value is -0.790. The number of hydrogen-bond donors (Lipinski definition) is 0. The highest BCUT2D eigenvalue weighted by Gasteiger charge is 2.37. The van der Waals surface area contributed by atoms with Crippen LogP contribution in [0.4, 0.5) is 0 Å². The SMILES string of the molecule is C=C[C@H]1CCN2C(=O)CCC[C@@H]12. The largest absolute Gasteiger partial charge is 0.339 e. The third-order valence-corrected chi connectivity index (χ3v) is 3.11. The van der Waals surface area contributed by atoms with E-state index >= 15 is 0 Å². The predicted octanol–water partition coefficient (Wildman–Crippen LogP) is 1.57. The molecule has 2 fully saturated rings. The van der Waals surface area contributed by atoms with Crippen LogP contribution >= 0.6 is 0 Å². The van der Waals surface area contributed by atoms with Gasteiger partial charge in [0, 0.05) is 19.0 Å². The fraction of sp³-hybridized carbons (Fsp3) is 0.700. The Balaban J connectivity index is 2.13. The average Bonchev–Trinajstić information content (AvgIpc) is 2.49. The van der Waals surface area contributed by atoms with Crippen LogP contribution in [-0.4, -0.2) is 23.4 Å². The van der Waals surface area contributed by atoms with Crippen molar-refractivity contribution >= 4 is 5.91 Å². The molecule has 0 N–H and O–H groups in total. The van der Waals surface area contributed by atoms with Gasteiger partial charge in [0.05, 0.1) is 0 Å². The molecule has 0 saturated carbocycles. The molecule has 2 atom stereocenters. The van der Waals surface area contributed by atoms with E-state index in [1.807, 2.05) is 6.08 Å². The molecule has 0 bridgehead atoms. The molecule has 2 nitrogen and oxygen atoms in total. The molecule has 0 aliphatic carbocycles. The van der Waals surface area contributed by atoms with Gasteiger partial charge < -0.3 is 4.90 Å². The highest BCUT2D eigenvalue weighted by molar-refractivity contribution is 5.77. The number of amides is 1. The second kappa shape index (κ2) is 2.92. The second-order valence-electron chi connectivity index (χ2n) is 3.73. The van der Waals surface area contributed by atoms with Crippen LogP contribution in [0.5, 0.6) is 0 Å². The Bertz CT molecular complexity index is 212. The molecule has 2 aliphatic heterocycles. The number of piperidine rings is 1. The molecule has 2 saturated heterocycles. The lowest BCUT2D eigenvalue weighted by Gasteiger charge is -2.31. The monoisotopic (exact) mass is 165 g/mol. The topological polar surface area (TPSA) is 20.3 Å². The maximum atomic E-state index is 11.4. The Morgan fingerprint density at radius 3 is 3.08 bits per heavy atom. The van der Waals surface area contributed by atoms with Crippen molar-refractivity contribution in [1.82, 2.24) is 4.90 Å². The summed E-state index contributed by atoms with van der Waals surface area (Å²) in [6, 6.07) is 0.490. The van der Waals surface area contributed by atoms with E-state index in [1.54, 1.807) is 0 Å². The quantitative estimate of drug-likeness (QED) is 0.540. The summed E-state index contributed by atoms with van der Waals surface area (Å²) in [5.74, 6) is 0.921. The molecule has 0 unspecified atom stereocenters. The molecule has 0 spiro atoms. The number of hydrogen-bond acceptors (Lipinski definition) is 1. The van der Waals surface area contributed by atoms with Gasteiger partial charge in [-0.25, -0.2) is 0 Å². The van der Waals surface area contributed by atoms with Gasteiger partial charge in [0.1, 0.15) is 0 Å². The van der Waals surface area contributed by atoms with Crippen molar-refractivity contribution in [2.75, 3.05) is 6.54 Å². The maximum Gasteiger partial charge on any atom is 0.222 e. The molecule has 0 radical (unpaired) electrons. The Labute approximate surface area is 73.2 Å². The summed E-state index contributed by atoms with van der Waals surface area (Å²) in [6.45, 7) is 4.78. The summed E-state index contributed by atoms with van der Waals surface area (Å²) in [4.78, 5) is 13.5. The predicted molar refractivity (Wildman–Crippen MR) is 47.7 cm³/mol. The van der Waals surface area contributed by atoms with E-state index in [4.69, 9.17) is 0 Å². The molecule has 2 heteroatoms. The number of carbonyl (C=O) groups excluding carboxylic acids is 1. The van der Waals surface area contributed by atoms with Crippen molar-refractivity contribution < 1.29 is 4.79 Å². The van der Waals surface area contributed by atoms with Crippen molar-refractivity contribution in [2.45, 2.75) is 31.7 Å². The van der Waals surface area contributed by atoms with E-state index in [9.17, 15) is 4.79 Å². The summed E-state index contributed by atoms with van der Waals surface area (Å²) in [7, 11) is 0. The number of rotatable bonds is 1. The average molecular weight is 165 g/mol. The van der Waals surface area contributed by atoms with Gasteiger partial charge in [-0.3, -0.25) is 4.79 Å². The van der Waals surface area contributed by atoms with Crippen LogP contribution in [0.25, 0.3) is 0 Å². The van der Waals surface area contributed by atoms with Gasteiger partial charge in [-0.15, -0.1) is 6.58 Å². The molecule has 12 heavy (non-hydrogen) atoms. The molecule has 66 valence electrons. The zero-order chi connectivity index (χ0) is 8.55. The lowest BCUT2D eigenvalue weighted by Crippen LogP contribution is -2.40. The Kier molecular flexibility index (Phi) is 1.91. The van der Waals surface area contributed by atoms with E-state index < -0.39 is 0 Å². The Morgan fingerprint density at radius 1 is 1.50 bits per heavy atom. The molecule has 0 aromatic rings. The minimum Gasteiger partial charge on any atom is -0.339 e. The molecular weight excluding hydrogens is 150 g/mol. The van der Waals surface area contributed by atoms with Crippen LogP contribution in [0.15, 0.2) is 12.7 Å². The van der Waals surface area contributed by atoms with Crippen LogP contribution in [0.3, 0.4) is 0 Å². The summed E-state index contributed by atoms with van der Waals surface area (Å²) in [5, 5.41) is 0. The standard InChI is InChI=1S/C10H15NO/c1-2-8-6-7-11-9(8)4-3-5-10(11)12/h2,8-9H,1,3-7H2/t8-,9-/m0/s1. The van der Waals surface area contributed by atoms with Gasteiger partial charge in [0.2, 0.25) is 5.91 Å². The van der Waals surface area contributed by atoms with E-state index in [0.29, 0.717) is 17.9 Å². The van der Waals surface area contributed by atoms with Crippen molar-refractivity contribution in [3.05, 3.63) is 12.7 Å². The van der Waals surface area contributed by atoms with Gasteiger partial charge >= 0.3 is 0 Å². The lowest BCUT2D eigenvalue weighted by molar-refractivity contribution is -0.134. The van der Waals surface area contributed by atoms with Crippen molar-refractivity contribution in [2.24, 2.45) is 5.92 Å². The van der Waals surface area contributed by atoms with E-state index in [-0.39, 0.29) is 0 Å². The van der Waals surface area contributed by atoms with E-state index in [2.05, 4.69) is 11.5 Å². The summed E-state index contributed by atoms with van der Waals surface area (Å²) < 4.78 is 0. The highest BCUT2D eigenvalue weighted by atomic mass is 16.2. The molecule has 2 aliphatic rings. The third kappa shape index (κ3) is 1.06. The van der Waals surface area contributed by atoms with Crippen molar-refractivity contribution in [1.29, 1.82) is 0 Å². The third-order valence-electron chi connectivity index (χ3n) is 3.11. The maximum absolute atomic E-state index is 11.4. The molecule has 0 aromatic carbocycles. The number of nitrogens with zero attached hydrogens (tertiary/aromatic N) is 1. The first-order chi connectivity index (χ1) is 5.83. The minimum atomic E-state index is 0.357. The van der Waals surface area contributed by atoms with Gasteiger partial charge in [0.15, 0.2) is 0 Å². The van der Waals surface area contributed by atoms with Crippen LogP contribution in [-0.2, 0) is 4.79 Å². The first-order valence-electron chi connectivity index (χ1n) is 4.75. The summed E-state index contributed by atoms with van der Waals surface area (Å²) in [5.41, 5.74) is 0. The second-order valence-corrected chi connectivity index (χ2v) is 3.73. The zero-order valence-corrected chi connectivity index (χ0v) is 7.33. The molecular formula is C10H15NO. The molecule has 2 rings (SSSR count). The fourth-order valence-electron chi connectivity index (χ4n) is 2.44. The van der Waals surface area contributed by atoms with Crippen LogP contribution in [0.1, 0.15) is 25.7 Å². The van der Waals surface area contributed by atoms with Crippen molar-refractivity contribution in [3.63, 3.8) is 0 Å². The number of carbonyl (C=O) groups is 1. The fourth-order valence-corrected chi connectivity index (χ4v) is 2.44. The number of fused-ring (bicyclic) bond motifs is 1. The van der Waals surface area contributed by atoms with Crippen LogP contribution in [0.2, 0.25) is 0 Å². The van der Waals surface area contributed by atoms with Crippen LogP contribution in [0, 0.1) is 5.92 Å². The minimum absolute atomic E-state index is 0.357. The summed E-state index contributed by atoms with van der Waals surface area (Å²) >= 11 is 0.